The summed E-state index contributed by atoms with van der Waals surface area (Å²) in [5, 5.41) is 22.2. The van der Waals surface area contributed by atoms with Crippen molar-refractivity contribution in [2.45, 2.75) is 6.92 Å². The molecule has 0 saturated heterocycles. The molecule has 1 rings (SSSR count). The van der Waals surface area contributed by atoms with E-state index in [0.717, 1.165) is 6.20 Å². The van der Waals surface area contributed by atoms with Gasteiger partial charge in [0.15, 0.2) is 0 Å². The molecule has 0 saturated carbocycles. The normalized spacial score (nSPS) is 10.4. The van der Waals surface area contributed by atoms with Gasteiger partial charge < -0.3 is 20.5 Å². The quantitative estimate of drug-likeness (QED) is 0.512. The monoisotopic (exact) mass is 289 g/mol. The Kier molecular flexibility index (Phi) is 6.28. The fourth-order valence-corrected chi connectivity index (χ4v) is 1.39. The number of ether oxygens (including phenoxy) is 1. The fraction of sp³-hybridized carbons (Fsp3) is 0.214. The molecule has 7 nitrogen and oxygen atoms in total. The molecule has 0 heterocycles. The van der Waals surface area contributed by atoms with Crippen LogP contribution in [0.3, 0.4) is 0 Å². The van der Waals surface area contributed by atoms with Crippen molar-refractivity contribution < 1.29 is 19.4 Å². The second-order valence-corrected chi connectivity index (χ2v) is 3.86. The summed E-state index contributed by atoms with van der Waals surface area (Å²) < 4.78 is 5.27. The lowest BCUT2D eigenvalue weighted by molar-refractivity contribution is -0.135. The number of carbonyl (C=O) groups excluding carboxylic acids is 1. The Balaban J connectivity index is 2.65. The molecule has 0 aliphatic rings. The van der Waals surface area contributed by atoms with Gasteiger partial charge in [0.1, 0.15) is 23.9 Å². The minimum Gasteiger partial charge on any atom is -0.494 e. The molecule has 0 radical (unpaired) electrons. The Labute approximate surface area is 121 Å². The van der Waals surface area contributed by atoms with Gasteiger partial charge in [-0.3, -0.25) is 9.59 Å². The van der Waals surface area contributed by atoms with Crippen LogP contribution in [0.4, 0.5) is 5.69 Å². The van der Waals surface area contributed by atoms with Crippen molar-refractivity contribution in [3.05, 3.63) is 36.0 Å². The first-order valence-electron chi connectivity index (χ1n) is 6.16. The van der Waals surface area contributed by atoms with E-state index >= 15 is 0 Å². The number of rotatable bonds is 7. The number of hydrogen-bond acceptors (Lipinski definition) is 5. The van der Waals surface area contributed by atoms with Crippen LogP contribution in [0, 0.1) is 11.3 Å². The van der Waals surface area contributed by atoms with E-state index in [2.05, 4.69) is 10.6 Å². The van der Waals surface area contributed by atoms with E-state index in [4.69, 9.17) is 15.1 Å². The summed E-state index contributed by atoms with van der Waals surface area (Å²) in [5.74, 6) is -1.04. The highest BCUT2D eigenvalue weighted by Gasteiger charge is 2.09. The van der Waals surface area contributed by atoms with Gasteiger partial charge in [-0.05, 0) is 31.2 Å². The molecule has 0 bridgehead atoms. The highest BCUT2D eigenvalue weighted by molar-refractivity contribution is 6.06. The van der Waals surface area contributed by atoms with Crippen molar-refractivity contribution in [3.8, 4) is 11.8 Å². The number of hydrogen-bond donors (Lipinski definition) is 3. The molecular weight excluding hydrogens is 274 g/mol. The van der Waals surface area contributed by atoms with Crippen molar-refractivity contribution >= 4 is 17.6 Å². The predicted molar refractivity (Wildman–Crippen MR) is 75.6 cm³/mol. The van der Waals surface area contributed by atoms with E-state index in [9.17, 15) is 9.59 Å². The summed E-state index contributed by atoms with van der Waals surface area (Å²) in [5.41, 5.74) is 0.285. The van der Waals surface area contributed by atoms with Crippen molar-refractivity contribution in [3.63, 3.8) is 0 Å². The maximum Gasteiger partial charge on any atom is 0.322 e. The van der Waals surface area contributed by atoms with Crippen LogP contribution in [-0.2, 0) is 9.59 Å². The van der Waals surface area contributed by atoms with Gasteiger partial charge in [0.25, 0.3) is 5.91 Å². The molecule has 21 heavy (non-hydrogen) atoms. The maximum absolute atomic E-state index is 11.8. The van der Waals surface area contributed by atoms with E-state index in [0.29, 0.717) is 18.0 Å². The summed E-state index contributed by atoms with van der Waals surface area (Å²) in [7, 11) is 0. The van der Waals surface area contributed by atoms with Crippen LogP contribution in [0.5, 0.6) is 5.75 Å². The molecule has 0 atom stereocenters. The zero-order valence-electron chi connectivity index (χ0n) is 11.4. The van der Waals surface area contributed by atoms with Gasteiger partial charge in [0, 0.05) is 11.9 Å². The second-order valence-electron chi connectivity index (χ2n) is 3.86. The summed E-state index contributed by atoms with van der Waals surface area (Å²) >= 11 is 0. The number of carboxylic acid groups (broad SMARTS) is 1. The number of benzene rings is 1. The number of anilines is 1. The molecule has 0 aliphatic heterocycles. The standard InChI is InChI=1S/C14H15N3O4/c1-2-21-12-5-3-11(4-6-12)17-14(20)10(7-15)8-16-9-13(18)19/h3-6,8,16H,2,9H2,1H3,(H,17,20)(H,18,19)/b10-8-. The molecule has 0 unspecified atom stereocenters. The number of carbonyl (C=O) groups is 2. The number of nitrogens with zero attached hydrogens (tertiary/aromatic N) is 1. The minimum atomic E-state index is -1.09. The molecule has 1 aromatic rings. The molecule has 0 spiro atoms. The number of carboxylic acids is 1. The molecule has 110 valence electrons. The van der Waals surface area contributed by atoms with E-state index in [-0.39, 0.29) is 12.1 Å². The summed E-state index contributed by atoms with van der Waals surface area (Å²) in [4.78, 5) is 22.1. The van der Waals surface area contributed by atoms with Crippen LogP contribution < -0.4 is 15.4 Å². The third-order valence-electron chi connectivity index (χ3n) is 2.29. The SMILES string of the molecule is CCOc1ccc(NC(=O)/C(C#N)=C\NCC(=O)O)cc1. The number of aliphatic carboxylic acids is 1. The van der Waals surface area contributed by atoms with Crippen LogP contribution in [0.25, 0.3) is 0 Å². The van der Waals surface area contributed by atoms with Gasteiger partial charge in [0.2, 0.25) is 0 Å². The third kappa shape index (κ3) is 5.65. The first kappa shape index (κ1) is 16.0. The zero-order chi connectivity index (χ0) is 15.7. The zero-order valence-corrected chi connectivity index (χ0v) is 11.4. The highest BCUT2D eigenvalue weighted by Crippen LogP contribution is 2.16. The average Bonchev–Trinajstić information content (AvgIpc) is 2.45. The van der Waals surface area contributed by atoms with Gasteiger partial charge in [-0.15, -0.1) is 0 Å². The topological polar surface area (TPSA) is 111 Å². The summed E-state index contributed by atoms with van der Waals surface area (Å²) in [6, 6.07) is 8.36. The largest absolute Gasteiger partial charge is 0.494 e. The van der Waals surface area contributed by atoms with Crippen molar-refractivity contribution in [1.29, 1.82) is 5.26 Å². The van der Waals surface area contributed by atoms with E-state index < -0.39 is 11.9 Å². The lowest BCUT2D eigenvalue weighted by atomic mass is 10.2. The van der Waals surface area contributed by atoms with Crippen LogP contribution in [0.1, 0.15) is 6.92 Å². The lowest BCUT2D eigenvalue weighted by Gasteiger charge is -2.06. The van der Waals surface area contributed by atoms with Gasteiger partial charge in [-0.25, -0.2) is 0 Å². The smallest absolute Gasteiger partial charge is 0.322 e. The minimum absolute atomic E-state index is 0.217. The number of nitriles is 1. The Morgan fingerprint density at radius 2 is 2.05 bits per heavy atom. The van der Waals surface area contributed by atoms with Crippen LogP contribution in [0.15, 0.2) is 36.0 Å². The first-order valence-corrected chi connectivity index (χ1v) is 6.16. The van der Waals surface area contributed by atoms with Crippen molar-refractivity contribution in [1.82, 2.24) is 5.32 Å². The Bertz CT molecular complexity index is 573. The van der Waals surface area contributed by atoms with Crippen LogP contribution in [0.2, 0.25) is 0 Å². The predicted octanol–water partition coefficient (Wildman–Crippen LogP) is 1.11. The van der Waals surface area contributed by atoms with E-state index in [1.54, 1.807) is 30.3 Å². The van der Waals surface area contributed by atoms with Gasteiger partial charge in [0.05, 0.1) is 6.61 Å². The molecule has 0 aromatic heterocycles. The molecule has 3 N–H and O–H groups in total. The Hall–Kier alpha value is -3.01. The summed E-state index contributed by atoms with van der Waals surface area (Å²) in [6.07, 6.45) is 1.07. The van der Waals surface area contributed by atoms with Gasteiger partial charge in [-0.1, -0.05) is 0 Å². The molecule has 7 heteroatoms. The van der Waals surface area contributed by atoms with E-state index in [1.807, 2.05) is 6.92 Å². The van der Waals surface area contributed by atoms with Crippen molar-refractivity contribution in [2.75, 3.05) is 18.5 Å². The van der Waals surface area contributed by atoms with Crippen molar-refractivity contribution in [2.24, 2.45) is 0 Å². The molecule has 1 amide bonds. The van der Waals surface area contributed by atoms with E-state index in [1.165, 1.54) is 0 Å². The molecule has 0 aliphatic carbocycles. The maximum atomic E-state index is 11.8. The average molecular weight is 289 g/mol. The van der Waals surface area contributed by atoms with Gasteiger partial charge in [-0.2, -0.15) is 5.26 Å². The van der Waals surface area contributed by atoms with Crippen LogP contribution in [-0.4, -0.2) is 30.1 Å². The van der Waals surface area contributed by atoms with Gasteiger partial charge >= 0.3 is 5.97 Å². The lowest BCUT2D eigenvalue weighted by Crippen LogP contribution is -2.20. The second kappa shape index (κ2) is 8.22. The number of amides is 1. The molecule has 0 fully saturated rings. The highest BCUT2D eigenvalue weighted by atomic mass is 16.5. The molecular formula is C14H15N3O4. The summed E-state index contributed by atoms with van der Waals surface area (Å²) in [6.45, 7) is 2.04. The Morgan fingerprint density at radius 3 is 2.57 bits per heavy atom. The third-order valence-corrected chi connectivity index (χ3v) is 2.29. The van der Waals surface area contributed by atoms with Crippen LogP contribution >= 0.6 is 0 Å². The number of nitrogens with one attached hydrogen (secondary N) is 2. The Morgan fingerprint density at radius 1 is 1.38 bits per heavy atom. The molecule has 1 aromatic carbocycles. The first-order chi connectivity index (χ1) is 10.1. The fourth-order valence-electron chi connectivity index (χ4n) is 1.39.